The fraction of sp³-hybridized carbons (Fsp3) is 0.929. The fourth-order valence-electron chi connectivity index (χ4n) is 6.38. The second kappa shape index (κ2) is 34.1. The van der Waals surface area contributed by atoms with E-state index in [1.165, 1.54) is 141 Å². The van der Waals surface area contributed by atoms with Gasteiger partial charge in [0.1, 0.15) is 20.7 Å². The Morgan fingerprint density at radius 3 is 1.52 bits per heavy atom. The first-order valence-electron chi connectivity index (χ1n) is 21.4. The number of aliphatic hydroxyl groups is 1. The molecule has 50 heavy (non-hydrogen) atoms. The summed E-state index contributed by atoms with van der Waals surface area (Å²) in [6.07, 6.45) is 37.4. The number of nitrogens with zero attached hydrogens (tertiary/aromatic N) is 1. The number of aliphatic hydroxyl groups excluding tert-OH is 1. The number of amides is 1. The van der Waals surface area contributed by atoms with Gasteiger partial charge < -0.3 is 28.9 Å². The summed E-state index contributed by atoms with van der Waals surface area (Å²) in [5.74, 6) is -0.116. The van der Waals surface area contributed by atoms with E-state index in [2.05, 4.69) is 19.2 Å². The van der Waals surface area contributed by atoms with E-state index >= 15 is 0 Å². The van der Waals surface area contributed by atoms with E-state index in [9.17, 15) is 19.4 Å². The van der Waals surface area contributed by atoms with Crippen molar-refractivity contribution in [2.24, 2.45) is 0 Å². The van der Waals surface area contributed by atoms with Crippen molar-refractivity contribution in [3.05, 3.63) is 12.2 Å². The summed E-state index contributed by atoms with van der Waals surface area (Å²) in [4.78, 5) is 25.5. The number of carbonyl (C=O) groups excluding carboxylic acids is 1. The molecule has 3 atom stereocenters. The number of likely N-dealkylation sites (N-methyl/N-ethyl adjacent to an activating group) is 1. The molecule has 0 aliphatic heterocycles. The van der Waals surface area contributed by atoms with Gasteiger partial charge in [0.05, 0.1) is 33.3 Å². The lowest BCUT2D eigenvalue weighted by Gasteiger charge is -2.29. The summed E-state index contributed by atoms with van der Waals surface area (Å²) in [6, 6.07) is -0.656. The molecule has 0 aromatic carbocycles. The van der Waals surface area contributed by atoms with Crippen LogP contribution < -0.4 is 10.2 Å². The van der Waals surface area contributed by atoms with Crippen LogP contribution in [0.3, 0.4) is 0 Å². The largest absolute Gasteiger partial charge is 0.778 e. The molecular formula is C42H85N2O5P. The molecule has 7 nitrogen and oxygen atoms in total. The van der Waals surface area contributed by atoms with E-state index in [0.29, 0.717) is 17.4 Å². The van der Waals surface area contributed by atoms with Crippen LogP contribution in [0.25, 0.3) is 0 Å². The van der Waals surface area contributed by atoms with Gasteiger partial charge in [-0.1, -0.05) is 180 Å². The van der Waals surface area contributed by atoms with E-state index < -0.39 is 19.7 Å². The number of carbonyl (C=O) groups is 1. The van der Waals surface area contributed by atoms with Crippen LogP contribution in [0.2, 0.25) is 0 Å². The maximum atomic E-state index is 12.9. The van der Waals surface area contributed by atoms with Gasteiger partial charge in [-0.3, -0.25) is 4.79 Å². The Kier molecular flexibility index (Phi) is 33.6. The molecule has 8 heteroatoms. The Balaban J connectivity index is 4.44. The SMILES string of the molecule is CCCCCCCCCCCCC/C=C/C(O)C(CCP(=O)([O-])OCC[N+](C)(C)C)NC(=O)CCCCCCCCCCCCCCCCC. The molecule has 0 aromatic rings. The van der Waals surface area contributed by atoms with Gasteiger partial charge in [0.15, 0.2) is 0 Å². The van der Waals surface area contributed by atoms with Gasteiger partial charge in [-0.05, 0) is 25.7 Å². The molecule has 0 saturated carbocycles. The summed E-state index contributed by atoms with van der Waals surface area (Å²) in [5, 5.41) is 13.9. The lowest BCUT2D eigenvalue weighted by Crippen LogP contribution is -2.43. The second-order valence-corrected chi connectivity index (χ2v) is 18.0. The van der Waals surface area contributed by atoms with E-state index in [-0.39, 0.29) is 25.1 Å². The highest BCUT2D eigenvalue weighted by Crippen LogP contribution is 2.38. The smallest absolute Gasteiger partial charge is 0.220 e. The Morgan fingerprint density at radius 2 is 1.10 bits per heavy atom. The minimum Gasteiger partial charge on any atom is -0.778 e. The van der Waals surface area contributed by atoms with Crippen LogP contribution >= 0.6 is 7.60 Å². The first kappa shape index (κ1) is 49.3. The number of rotatable bonds is 38. The highest BCUT2D eigenvalue weighted by Gasteiger charge is 2.22. The summed E-state index contributed by atoms with van der Waals surface area (Å²) >= 11 is 0. The van der Waals surface area contributed by atoms with Crippen molar-refractivity contribution in [1.82, 2.24) is 5.32 Å². The van der Waals surface area contributed by atoms with E-state index in [1.54, 1.807) is 6.08 Å². The van der Waals surface area contributed by atoms with Crippen LogP contribution in [-0.2, 0) is 13.9 Å². The van der Waals surface area contributed by atoms with Gasteiger partial charge in [0, 0.05) is 12.6 Å². The first-order valence-corrected chi connectivity index (χ1v) is 23.1. The quantitative estimate of drug-likeness (QED) is 0.0285. The van der Waals surface area contributed by atoms with Crippen molar-refractivity contribution in [2.45, 2.75) is 212 Å². The highest BCUT2D eigenvalue weighted by molar-refractivity contribution is 7.51. The zero-order valence-electron chi connectivity index (χ0n) is 33.9. The fourth-order valence-corrected chi connectivity index (χ4v) is 7.46. The molecule has 0 radical (unpaired) electrons. The molecule has 0 aliphatic carbocycles. The molecular weight excluding hydrogens is 643 g/mol. The van der Waals surface area contributed by atoms with Crippen LogP contribution in [0, 0.1) is 0 Å². The zero-order valence-corrected chi connectivity index (χ0v) is 34.8. The third-order valence-electron chi connectivity index (χ3n) is 9.84. The van der Waals surface area contributed by atoms with Crippen LogP contribution in [-0.4, -0.2) is 68.1 Å². The van der Waals surface area contributed by atoms with E-state index in [0.717, 1.165) is 32.1 Å². The predicted octanol–water partition coefficient (Wildman–Crippen LogP) is 11.0. The van der Waals surface area contributed by atoms with Crippen LogP contribution in [0.5, 0.6) is 0 Å². The average molecular weight is 729 g/mol. The molecule has 0 fully saturated rings. The van der Waals surface area contributed by atoms with Gasteiger partial charge >= 0.3 is 0 Å². The average Bonchev–Trinajstić information content (AvgIpc) is 3.06. The number of hydrogen-bond donors (Lipinski definition) is 2. The molecule has 0 rings (SSSR count). The van der Waals surface area contributed by atoms with E-state index in [4.69, 9.17) is 4.52 Å². The van der Waals surface area contributed by atoms with Crippen molar-refractivity contribution in [3.8, 4) is 0 Å². The van der Waals surface area contributed by atoms with Gasteiger partial charge in [0.2, 0.25) is 5.91 Å². The Bertz CT molecular complexity index is 831. The number of nitrogens with one attached hydrogen (secondary N) is 1. The molecule has 298 valence electrons. The van der Waals surface area contributed by atoms with Gasteiger partial charge in [-0.2, -0.15) is 0 Å². The number of hydrogen-bond acceptors (Lipinski definition) is 5. The van der Waals surface area contributed by atoms with Gasteiger partial charge in [-0.15, -0.1) is 0 Å². The molecule has 0 heterocycles. The van der Waals surface area contributed by atoms with Crippen molar-refractivity contribution in [3.63, 3.8) is 0 Å². The second-order valence-electron chi connectivity index (χ2n) is 16.1. The topological polar surface area (TPSA) is 98.7 Å². The van der Waals surface area contributed by atoms with Crippen molar-refractivity contribution >= 4 is 13.5 Å². The number of unbranched alkanes of at least 4 members (excludes halogenated alkanes) is 25. The summed E-state index contributed by atoms with van der Waals surface area (Å²) in [5.41, 5.74) is 0. The van der Waals surface area contributed by atoms with Crippen LogP contribution in [0.15, 0.2) is 12.2 Å². The first-order chi connectivity index (χ1) is 24.0. The lowest BCUT2D eigenvalue weighted by molar-refractivity contribution is -0.870. The molecule has 2 N–H and O–H groups in total. The minimum atomic E-state index is -4.08. The molecule has 0 spiro atoms. The summed E-state index contributed by atoms with van der Waals surface area (Å²) in [7, 11) is 1.89. The van der Waals surface area contributed by atoms with E-state index in [1.807, 2.05) is 27.2 Å². The monoisotopic (exact) mass is 729 g/mol. The standard InChI is InChI=1S/C42H85N2O5P/c1-6-8-10-12-14-16-18-20-21-23-25-27-29-31-33-35-42(46)43-40(36-39-50(47,48)49-38-37-44(3,4)5)41(45)34-32-30-28-26-24-22-19-17-15-13-11-9-7-2/h32,34,40-41,45H,6-31,33,35-39H2,1-5H3,(H-,43,46,47,48)/b34-32+. The summed E-state index contributed by atoms with van der Waals surface area (Å²) in [6.45, 7) is 5.23. The van der Waals surface area contributed by atoms with Gasteiger partial charge in [0.25, 0.3) is 0 Å². The molecule has 0 aliphatic rings. The molecule has 1 amide bonds. The Labute approximate surface area is 311 Å². The molecule has 3 unspecified atom stereocenters. The minimum absolute atomic E-state index is 0.116. The maximum Gasteiger partial charge on any atom is 0.220 e. The lowest BCUT2D eigenvalue weighted by atomic mass is 10.0. The molecule has 0 bridgehead atoms. The number of allylic oxidation sites excluding steroid dienone is 1. The zero-order chi connectivity index (χ0) is 37.2. The molecule has 0 aromatic heterocycles. The summed E-state index contributed by atoms with van der Waals surface area (Å²) < 4.78 is 18.5. The van der Waals surface area contributed by atoms with Crippen molar-refractivity contribution in [2.75, 3.05) is 40.5 Å². The van der Waals surface area contributed by atoms with Crippen LogP contribution in [0.4, 0.5) is 0 Å². The van der Waals surface area contributed by atoms with Crippen molar-refractivity contribution < 1.29 is 28.4 Å². The Hall–Kier alpha value is -0.720. The molecule has 0 saturated heterocycles. The van der Waals surface area contributed by atoms with Gasteiger partial charge in [-0.25, -0.2) is 0 Å². The Morgan fingerprint density at radius 1 is 0.700 bits per heavy atom. The van der Waals surface area contributed by atoms with Crippen molar-refractivity contribution in [1.29, 1.82) is 0 Å². The third-order valence-corrected chi connectivity index (χ3v) is 11.2. The predicted molar refractivity (Wildman–Crippen MR) is 214 cm³/mol. The normalized spacial score (nSPS) is 14.6. The number of quaternary nitrogens is 1. The third kappa shape index (κ3) is 35.7. The maximum absolute atomic E-state index is 12.9. The van der Waals surface area contributed by atoms with Crippen LogP contribution in [0.1, 0.15) is 200 Å². The highest BCUT2D eigenvalue weighted by atomic mass is 31.2.